The monoisotopic (exact) mass is 266 g/mol. The molecule has 2 N–H and O–H groups in total. The Hall–Kier alpha value is -0.570. The molecule has 0 unspecified atom stereocenters. The third-order valence-corrected chi connectivity index (χ3v) is 5.23. The van der Waals surface area contributed by atoms with Gasteiger partial charge < -0.3 is 10.6 Å². The molecule has 1 saturated heterocycles. The molecular weight excluding hydrogens is 236 g/mol. The zero-order valence-electron chi connectivity index (χ0n) is 12.5. The molecule has 3 nitrogen and oxygen atoms in total. The van der Waals surface area contributed by atoms with Crippen LogP contribution in [-0.4, -0.2) is 30.4 Å². The van der Waals surface area contributed by atoms with Gasteiger partial charge in [0.2, 0.25) is 5.91 Å². The summed E-state index contributed by atoms with van der Waals surface area (Å²) in [6.07, 6.45) is 10.8. The van der Waals surface area contributed by atoms with Gasteiger partial charge in [0.1, 0.15) is 0 Å². The molecule has 1 saturated carbocycles. The summed E-state index contributed by atoms with van der Waals surface area (Å²) in [6, 6.07) is 0. The lowest BCUT2D eigenvalue weighted by Crippen LogP contribution is -2.46. The van der Waals surface area contributed by atoms with Gasteiger partial charge in [0.05, 0.1) is 0 Å². The molecule has 2 aliphatic rings. The van der Waals surface area contributed by atoms with E-state index in [1.165, 1.54) is 32.1 Å². The van der Waals surface area contributed by atoms with E-state index in [0.717, 1.165) is 45.3 Å². The minimum atomic E-state index is 0.262. The number of hydrogen-bond donors (Lipinski definition) is 1. The average Bonchev–Trinajstić information content (AvgIpc) is 2.39. The maximum atomic E-state index is 12.6. The van der Waals surface area contributed by atoms with E-state index in [4.69, 9.17) is 5.73 Å². The minimum absolute atomic E-state index is 0.262. The number of nitrogens with two attached hydrogens (primary N) is 1. The van der Waals surface area contributed by atoms with Gasteiger partial charge in [-0.15, -0.1) is 0 Å². The smallest absolute Gasteiger partial charge is 0.225 e. The zero-order chi connectivity index (χ0) is 13.7. The van der Waals surface area contributed by atoms with E-state index in [-0.39, 0.29) is 5.41 Å². The van der Waals surface area contributed by atoms with Crippen molar-refractivity contribution in [3.8, 4) is 0 Å². The Kier molecular flexibility index (Phi) is 5.26. The third-order valence-electron chi connectivity index (χ3n) is 5.23. The van der Waals surface area contributed by atoms with Crippen LogP contribution in [0.5, 0.6) is 0 Å². The molecular formula is C16H30N2O. The Morgan fingerprint density at radius 1 is 1.11 bits per heavy atom. The number of carbonyl (C=O) groups excluding carboxylic acids is 1. The van der Waals surface area contributed by atoms with Crippen LogP contribution >= 0.6 is 0 Å². The molecule has 110 valence electrons. The van der Waals surface area contributed by atoms with Crippen LogP contribution in [0.3, 0.4) is 0 Å². The topological polar surface area (TPSA) is 46.3 Å². The summed E-state index contributed by atoms with van der Waals surface area (Å²) in [5, 5.41) is 0. The van der Waals surface area contributed by atoms with Gasteiger partial charge in [0, 0.05) is 19.0 Å². The molecule has 1 amide bonds. The second kappa shape index (κ2) is 6.74. The number of nitrogens with zero attached hydrogens (tertiary/aromatic N) is 1. The Morgan fingerprint density at radius 2 is 1.63 bits per heavy atom. The van der Waals surface area contributed by atoms with Crippen LogP contribution in [-0.2, 0) is 4.79 Å². The average molecular weight is 266 g/mol. The molecule has 19 heavy (non-hydrogen) atoms. The van der Waals surface area contributed by atoms with E-state index in [9.17, 15) is 4.79 Å². The number of likely N-dealkylation sites (tertiary alicyclic amines) is 1. The normalized spacial score (nSPS) is 25.7. The highest BCUT2D eigenvalue weighted by Crippen LogP contribution is 2.31. The summed E-state index contributed by atoms with van der Waals surface area (Å²) in [6.45, 7) is 4.84. The number of hydrogen-bond acceptors (Lipinski definition) is 2. The van der Waals surface area contributed by atoms with Gasteiger partial charge in [-0.1, -0.05) is 39.0 Å². The zero-order valence-corrected chi connectivity index (χ0v) is 12.5. The van der Waals surface area contributed by atoms with E-state index >= 15 is 0 Å². The van der Waals surface area contributed by atoms with Gasteiger partial charge in [-0.25, -0.2) is 0 Å². The Labute approximate surface area is 117 Å². The van der Waals surface area contributed by atoms with Gasteiger partial charge in [0.15, 0.2) is 0 Å². The predicted octanol–water partition coefficient (Wildman–Crippen LogP) is 2.93. The van der Waals surface area contributed by atoms with E-state index in [0.29, 0.717) is 11.8 Å². The molecule has 1 aliphatic heterocycles. The first-order chi connectivity index (χ1) is 9.14. The van der Waals surface area contributed by atoms with Crippen molar-refractivity contribution in [3.05, 3.63) is 0 Å². The minimum Gasteiger partial charge on any atom is -0.342 e. The van der Waals surface area contributed by atoms with E-state index in [2.05, 4.69) is 11.8 Å². The molecule has 0 aromatic carbocycles. The van der Waals surface area contributed by atoms with Crippen molar-refractivity contribution < 1.29 is 4.79 Å². The van der Waals surface area contributed by atoms with Gasteiger partial charge in [-0.2, -0.15) is 0 Å². The first-order valence-electron chi connectivity index (χ1n) is 8.13. The lowest BCUT2D eigenvalue weighted by atomic mass is 9.80. The van der Waals surface area contributed by atoms with Crippen LogP contribution in [0.25, 0.3) is 0 Å². The van der Waals surface area contributed by atoms with Crippen molar-refractivity contribution in [1.29, 1.82) is 0 Å². The van der Waals surface area contributed by atoms with E-state index in [1.807, 2.05) is 0 Å². The fourth-order valence-corrected chi connectivity index (χ4v) is 3.43. The maximum Gasteiger partial charge on any atom is 0.225 e. The summed E-state index contributed by atoms with van der Waals surface area (Å²) in [5.74, 6) is 0.739. The maximum absolute atomic E-state index is 12.6. The SMILES string of the molecule is CC1(CN)CCN(C(=O)C2CCCCCCC2)CC1. The predicted molar refractivity (Wildman–Crippen MR) is 78.8 cm³/mol. The fourth-order valence-electron chi connectivity index (χ4n) is 3.43. The quantitative estimate of drug-likeness (QED) is 0.835. The second-order valence-corrected chi connectivity index (χ2v) is 6.88. The molecule has 1 aliphatic carbocycles. The van der Waals surface area contributed by atoms with Crippen LogP contribution in [0.2, 0.25) is 0 Å². The van der Waals surface area contributed by atoms with Crippen LogP contribution < -0.4 is 5.73 Å². The van der Waals surface area contributed by atoms with Crippen molar-refractivity contribution in [2.75, 3.05) is 19.6 Å². The summed E-state index contributed by atoms with van der Waals surface area (Å²) in [7, 11) is 0. The highest BCUT2D eigenvalue weighted by molar-refractivity contribution is 5.78. The van der Waals surface area contributed by atoms with E-state index in [1.54, 1.807) is 0 Å². The fraction of sp³-hybridized carbons (Fsp3) is 0.938. The lowest BCUT2D eigenvalue weighted by Gasteiger charge is -2.40. The molecule has 2 fully saturated rings. The Balaban J connectivity index is 1.85. The molecule has 0 atom stereocenters. The largest absolute Gasteiger partial charge is 0.342 e. The Bertz CT molecular complexity index is 287. The van der Waals surface area contributed by atoms with Crippen molar-refractivity contribution in [2.45, 2.75) is 64.7 Å². The summed E-state index contributed by atoms with van der Waals surface area (Å²) in [5.41, 5.74) is 6.10. The molecule has 0 aromatic heterocycles. The van der Waals surface area contributed by atoms with E-state index < -0.39 is 0 Å². The number of piperidine rings is 1. The van der Waals surface area contributed by atoms with Gasteiger partial charge in [0.25, 0.3) is 0 Å². The highest BCUT2D eigenvalue weighted by atomic mass is 16.2. The molecule has 0 aromatic rings. The van der Waals surface area contributed by atoms with Crippen LogP contribution in [0.1, 0.15) is 64.7 Å². The van der Waals surface area contributed by atoms with Crippen molar-refractivity contribution >= 4 is 5.91 Å². The lowest BCUT2D eigenvalue weighted by molar-refractivity contribution is -0.138. The number of carbonyl (C=O) groups is 1. The molecule has 0 bridgehead atoms. The van der Waals surface area contributed by atoms with Crippen molar-refractivity contribution in [2.24, 2.45) is 17.1 Å². The standard InChI is InChI=1S/C16H30N2O/c1-16(13-17)9-11-18(12-10-16)15(19)14-7-5-3-2-4-6-8-14/h14H,2-13,17H2,1H3. The Morgan fingerprint density at radius 3 is 2.16 bits per heavy atom. The first-order valence-corrected chi connectivity index (χ1v) is 8.13. The third kappa shape index (κ3) is 3.95. The summed E-state index contributed by atoms with van der Waals surface area (Å²) in [4.78, 5) is 14.7. The summed E-state index contributed by atoms with van der Waals surface area (Å²) < 4.78 is 0. The van der Waals surface area contributed by atoms with Crippen molar-refractivity contribution in [3.63, 3.8) is 0 Å². The molecule has 0 spiro atoms. The molecule has 3 heteroatoms. The van der Waals surface area contributed by atoms with Crippen LogP contribution in [0.15, 0.2) is 0 Å². The number of amides is 1. The van der Waals surface area contributed by atoms with Crippen LogP contribution in [0, 0.1) is 11.3 Å². The molecule has 1 heterocycles. The first kappa shape index (κ1) is 14.8. The second-order valence-electron chi connectivity index (χ2n) is 6.88. The van der Waals surface area contributed by atoms with Crippen LogP contribution in [0.4, 0.5) is 0 Å². The molecule has 2 rings (SSSR count). The van der Waals surface area contributed by atoms with Gasteiger partial charge in [-0.05, 0) is 37.6 Å². The van der Waals surface area contributed by atoms with Gasteiger partial charge >= 0.3 is 0 Å². The summed E-state index contributed by atoms with van der Waals surface area (Å²) >= 11 is 0. The number of rotatable bonds is 2. The van der Waals surface area contributed by atoms with Crippen molar-refractivity contribution in [1.82, 2.24) is 4.90 Å². The van der Waals surface area contributed by atoms with Gasteiger partial charge in [-0.3, -0.25) is 4.79 Å². The molecule has 0 radical (unpaired) electrons. The highest BCUT2D eigenvalue weighted by Gasteiger charge is 2.33.